The third kappa shape index (κ3) is 3.45. The van der Waals surface area contributed by atoms with E-state index in [2.05, 4.69) is 0 Å². The van der Waals surface area contributed by atoms with E-state index in [1.54, 1.807) is 23.1 Å². The number of rotatable bonds is 4. The van der Waals surface area contributed by atoms with Gasteiger partial charge in [0.2, 0.25) is 5.91 Å². The molecule has 1 unspecified atom stereocenters. The number of hydrogen-bond acceptors (Lipinski definition) is 4. The van der Waals surface area contributed by atoms with Crippen LogP contribution in [0, 0.1) is 0 Å². The van der Waals surface area contributed by atoms with Crippen LogP contribution in [0.3, 0.4) is 0 Å². The molecule has 0 spiro atoms. The van der Waals surface area contributed by atoms with E-state index in [-0.39, 0.29) is 23.9 Å². The van der Waals surface area contributed by atoms with Gasteiger partial charge in [0.15, 0.2) is 0 Å². The van der Waals surface area contributed by atoms with Crippen molar-refractivity contribution in [2.45, 2.75) is 25.5 Å². The molecule has 0 aromatic heterocycles. The zero-order chi connectivity index (χ0) is 13.9. The second-order valence-corrected chi connectivity index (χ2v) is 5.20. The summed E-state index contributed by atoms with van der Waals surface area (Å²) in [6.07, 6.45) is 0.719. The summed E-state index contributed by atoms with van der Waals surface area (Å²) in [7, 11) is 0. The first-order valence-electron chi connectivity index (χ1n) is 6.42. The number of benzene rings is 1. The molecular weight excluding hydrogens is 244 g/mol. The number of amides is 1. The van der Waals surface area contributed by atoms with E-state index >= 15 is 0 Å². The predicted molar refractivity (Wildman–Crippen MR) is 71.6 cm³/mol. The van der Waals surface area contributed by atoms with Gasteiger partial charge in [0.1, 0.15) is 12.4 Å². The summed E-state index contributed by atoms with van der Waals surface area (Å²) >= 11 is 0. The van der Waals surface area contributed by atoms with Gasteiger partial charge in [0.25, 0.3) is 0 Å². The lowest BCUT2D eigenvalue weighted by atomic mass is 9.99. The fourth-order valence-corrected chi connectivity index (χ4v) is 2.34. The van der Waals surface area contributed by atoms with E-state index in [1.807, 2.05) is 13.0 Å². The van der Waals surface area contributed by atoms with Crippen molar-refractivity contribution in [2.24, 2.45) is 5.73 Å². The molecule has 0 bridgehead atoms. The molecular formula is C14H20N2O3. The molecule has 1 saturated heterocycles. The van der Waals surface area contributed by atoms with Gasteiger partial charge in [-0.15, -0.1) is 0 Å². The van der Waals surface area contributed by atoms with Crippen LogP contribution in [0.1, 0.15) is 18.9 Å². The number of morpholine rings is 1. The molecule has 104 valence electrons. The predicted octanol–water partition coefficient (Wildman–Crippen LogP) is 0.858. The van der Waals surface area contributed by atoms with Gasteiger partial charge < -0.3 is 20.5 Å². The maximum absolute atomic E-state index is 11.9. The highest BCUT2D eigenvalue weighted by atomic mass is 16.5. The Balaban J connectivity index is 2.07. The fraction of sp³-hybridized carbons (Fsp3) is 0.500. The highest BCUT2D eigenvalue weighted by Crippen LogP contribution is 2.23. The maximum Gasteiger partial charge on any atom is 0.248 e. The zero-order valence-corrected chi connectivity index (χ0v) is 11.1. The van der Waals surface area contributed by atoms with Crippen molar-refractivity contribution < 1.29 is 14.6 Å². The van der Waals surface area contributed by atoms with Crippen LogP contribution < -0.4 is 5.73 Å². The second kappa shape index (κ2) is 5.59. The molecule has 5 nitrogen and oxygen atoms in total. The SMILES string of the molecule is CC1(CCN)CN(Cc2cccc(O)c2)C(=O)CO1. The summed E-state index contributed by atoms with van der Waals surface area (Å²) in [6, 6.07) is 6.95. The highest BCUT2D eigenvalue weighted by Gasteiger charge is 2.35. The van der Waals surface area contributed by atoms with Gasteiger partial charge in [-0.25, -0.2) is 0 Å². The van der Waals surface area contributed by atoms with Gasteiger partial charge in [0, 0.05) is 13.1 Å². The molecule has 0 aliphatic carbocycles. The third-order valence-electron chi connectivity index (χ3n) is 3.38. The third-order valence-corrected chi connectivity index (χ3v) is 3.38. The van der Waals surface area contributed by atoms with Crippen LogP contribution in [0.25, 0.3) is 0 Å². The van der Waals surface area contributed by atoms with Gasteiger partial charge in [0.05, 0.1) is 5.60 Å². The molecule has 1 heterocycles. The van der Waals surface area contributed by atoms with Gasteiger partial charge in [-0.05, 0) is 37.6 Å². The minimum Gasteiger partial charge on any atom is -0.508 e. The van der Waals surface area contributed by atoms with E-state index in [9.17, 15) is 9.90 Å². The van der Waals surface area contributed by atoms with E-state index in [1.165, 1.54) is 0 Å². The Morgan fingerprint density at radius 1 is 1.53 bits per heavy atom. The molecule has 0 saturated carbocycles. The number of phenols is 1. The lowest BCUT2D eigenvalue weighted by Gasteiger charge is -2.40. The topological polar surface area (TPSA) is 75.8 Å². The Morgan fingerprint density at radius 2 is 2.32 bits per heavy atom. The number of ether oxygens (including phenoxy) is 1. The molecule has 0 radical (unpaired) electrons. The maximum atomic E-state index is 11.9. The molecule has 2 rings (SSSR count). The summed E-state index contributed by atoms with van der Waals surface area (Å²) in [5, 5.41) is 9.45. The molecule has 1 aliphatic heterocycles. The Labute approximate surface area is 113 Å². The van der Waals surface area contributed by atoms with E-state index in [4.69, 9.17) is 10.5 Å². The van der Waals surface area contributed by atoms with Gasteiger partial charge in [-0.3, -0.25) is 4.79 Å². The monoisotopic (exact) mass is 264 g/mol. The minimum atomic E-state index is -0.376. The van der Waals surface area contributed by atoms with E-state index < -0.39 is 0 Å². The number of phenolic OH excluding ortho intramolecular Hbond substituents is 1. The first kappa shape index (κ1) is 13.8. The number of nitrogens with two attached hydrogens (primary N) is 1. The van der Waals surface area contributed by atoms with Crippen molar-refractivity contribution in [1.29, 1.82) is 0 Å². The Bertz CT molecular complexity index is 464. The van der Waals surface area contributed by atoms with Crippen molar-refractivity contribution in [3.05, 3.63) is 29.8 Å². The lowest BCUT2D eigenvalue weighted by molar-refractivity contribution is -0.162. The molecule has 3 N–H and O–H groups in total. The summed E-state index contributed by atoms with van der Waals surface area (Å²) in [4.78, 5) is 13.6. The van der Waals surface area contributed by atoms with Crippen LogP contribution >= 0.6 is 0 Å². The average Bonchev–Trinajstić information content (AvgIpc) is 2.34. The minimum absolute atomic E-state index is 0.0298. The van der Waals surface area contributed by atoms with Gasteiger partial charge in [-0.1, -0.05) is 12.1 Å². The van der Waals surface area contributed by atoms with E-state index in [0.717, 1.165) is 12.0 Å². The van der Waals surface area contributed by atoms with Crippen LogP contribution in [-0.4, -0.2) is 41.2 Å². The van der Waals surface area contributed by atoms with Crippen molar-refractivity contribution in [1.82, 2.24) is 4.90 Å². The molecule has 1 amide bonds. The fourth-order valence-electron chi connectivity index (χ4n) is 2.34. The van der Waals surface area contributed by atoms with Crippen LogP contribution in [0.2, 0.25) is 0 Å². The number of aromatic hydroxyl groups is 1. The van der Waals surface area contributed by atoms with Crippen molar-refractivity contribution >= 4 is 5.91 Å². The zero-order valence-electron chi connectivity index (χ0n) is 11.1. The van der Waals surface area contributed by atoms with Gasteiger partial charge >= 0.3 is 0 Å². The average molecular weight is 264 g/mol. The summed E-state index contributed by atoms with van der Waals surface area (Å²) in [5.74, 6) is 0.181. The largest absolute Gasteiger partial charge is 0.508 e. The van der Waals surface area contributed by atoms with Crippen LogP contribution in [-0.2, 0) is 16.1 Å². The van der Waals surface area contributed by atoms with Crippen molar-refractivity contribution in [2.75, 3.05) is 19.7 Å². The second-order valence-electron chi connectivity index (χ2n) is 5.20. The summed E-state index contributed by atoms with van der Waals surface area (Å²) in [5.41, 5.74) is 6.11. The molecule has 5 heteroatoms. The summed E-state index contributed by atoms with van der Waals surface area (Å²) in [6.45, 7) is 3.61. The first-order chi connectivity index (χ1) is 9.02. The number of carbonyl (C=O) groups excluding carboxylic acids is 1. The lowest BCUT2D eigenvalue weighted by Crippen LogP contribution is -2.53. The van der Waals surface area contributed by atoms with Crippen LogP contribution in [0.4, 0.5) is 0 Å². The van der Waals surface area contributed by atoms with Crippen molar-refractivity contribution in [3.8, 4) is 5.75 Å². The molecule has 1 aliphatic rings. The van der Waals surface area contributed by atoms with E-state index in [0.29, 0.717) is 19.6 Å². The quantitative estimate of drug-likeness (QED) is 0.845. The van der Waals surface area contributed by atoms with Crippen molar-refractivity contribution in [3.63, 3.8) is 0 Å². The Kier molecular flexibility index (Phi) is 4.07. The Morgan fingerprint density at radius 3 is 3.00 bits per heavy atom. The highest BCUT2D eigenvalue weighted by molar-refractivity contribution is 5.78. The van der Waals surface area contributed by atoms with Crippen LogP contribution in [0.5, 0.6) is 5.75 Å². The normalized spacial score (nSPS) is 23.7. The van der Waals surface area contributed by atoms with Gasteiger partial charge in [-0.2, -0.15) is 0 Å². The molecule has 19 heavy (non-hydrogen) atoms. The smallest absolute Gasteiger partial charge is 0.248 e. The number of nitrogens with zero attached hydrogens (tertiary/aromatic N) is 1. The number of carbonyl (C=O) groups is 1. The molecule has 1 aromatic carbocycles. The van der Waals surface area contributed by atoms with Crippen LogP contribution in [0.15, 0.2) is 24.3 Å². The molecule has 1 aromatic rings. The summed E-state index contributed by atoms with van der Waals surface area (Å²) < 4.78 is 5.59. The Hall–Kier alpha value is -1.59. The first-order valence-corrected chi connectivity index (χ1v) is 6.42. The number of hydrogen-bond donors (Lipinski definition) is 2. The molecule has 1 atom stereocenters. The standard InChI is InChI=1S/C14H20N2O3/c1-14(5-6-15)10-16(13(18)9-19-14)8-11-3-2-4-12(17)7-11/h2-4,7,17H,5-6,8-10,15H2,1H3. The molecule has 1 fully saturated rings.